The second-order valence-corrected chi connectivity index (χ2v) is 3.50. The van der Waals surface area contributed by atoms with E-state index in [1.807, 2.05) is 0 Å². The lowest BCUT2D eigenvalue weighted by molar-refractivity contribution is -0.384. The van der Waals surface area contributed by atoms with E-state index < -0.39 is 23.1 Å². The zero-order chi connectivity index (χ0) is 14.4. The molecule has 1 rings (SSSR count). The molecular formula is C11H10N4O4. The lowest BCUT2D eigenvalue weighted by atomic mass is 10.2. The topological polar surface area (TPSA) is 120 Å². The van der Waals surface area contributed by atoms with E-state index >= 15 is 0 Å². The van der Waals surface area contributed by atoms with Crippen molar-refractivity contribution in [1.29, 1.82) is 5.26 Å². The van der Waals surface area contributed by atoms with Crippen molar-refractivity contribution in [2.45, 2.75) is 0 Å². The summed E-state index contributed by atoms with van der Waals surface area (Å²) in [6.07, 6.45) is 2.56. The Morgan fingerprint density at radius 3 is 2.89 bits per heavy atom. The van der Waals surface area contributed by atoms with Crippen LogP contribution in [0.15, 0.2) is 24.9 Å². The minimum absolute atomic E-state index is 0.0318. The molecule has 0 unspecified atom stereocenters. The second-order valence-electron chi connectivity index (χ2n) is 3.50. The van der Waals surface area contributed by atoms with Gasteiger partial charge in [0.05, 0.1) is 10.5 Å². The van der Waals surface area contributed by atoms with Crippen LogP contribution in [0.25, 0.3) is 0 Å². The highest BCUT2D eigenvalue weighted by atomic mass is 16.6. The number of nitriles is 1. The molecular weight excluding hydrogens is 252 g/mol. The Bertz CT molecular complexity index is 564. The van der Waals surface area contributed by atoms with Gasteiger partial charge in [-0.05, 0) is 0 Å². The number of aliphatic carboxylic acids is 1. The van der Waals surface area contributed by atoms with E-state index in [-0.39, 0.29) is 17.9 Å². The number of hydrogen-bond donors (Lipinski definition) is 1. The highest BCUT2D eigenvalue weighted by Crippen LogP contribution is 2.26. The molecule has 0 saturated heterocycles. The summed E-state index contributed by atoms with van der Waals surface area (Å²) in [4.78, 5) is 26.0. The number of carboxylic acid groups (broad SMARTS) is 1. The number of nitrogens with zero attached hydrogens (tertiary/aromatic N) is 4. The zero-order valence-electron chi connectivity index (χ0n) is 9.81. The van der Waals surface area contributed by atoms with E-state index in [4.69, 9.17) is 10.4 Å². The molecule has 1 N–H and O–H groups in total. The highest BCUT2D eigenvalue weighted by Gasteiger charge is 2.22. The van der Waals surface area contributed by atoms with Crippen molar-refractivity contribution in [2.24, 2.45) is 0 Å². The maximum absolute atomic E-state index is 10.9. The number of pyridine rings is 1. The molecule has 0 aromatic carbocycles. The fourth-order valence-corrected chi connectivity index (χ4v) is 1.43. The number of aromatic nitrogens is 1. The van der Waals surface area contributed by atoms with Crippen molar-refractivity contribution in [1.82, 2.24) is 4.98 Å². The average molecular weight is 262 g/mol. The summed E-state index contributed by atoms with van der Waals surface area (Å²) in [7, 11) is 0. The van der Waals surface area contributed by atoms with Crippen LogP contribution >= 0.6 is 0 Å². The third-order valence-electron chi connectivity index (χ3n) is 2.15. The second kappa shape index (κ2) is 6.11. The lowest BCUT2D eigenvalue weighted by Crippen LogP contribution is -2.31. The molecule has 8 nitrogen and oxygen atoms in total. The van der Waals surface area contributed by atoms with Crippen molar-refractivity contribution < 1.29 is 14.8 Å². The summed E-state index contributed by atoms with van der Waals surface area (Å²) in [5.74, 6) is -1.26. The highest BCUT2D eigenvalue weighted by molar-refractivity contribution is 5.75. The molecule has 0 radical (unpaired) electrons. The van der Waals surface area contributed by atoms with Gasteiger partial charge in [0.1, 0.15) is 12.6 Å². The van der Waals surface area contributed by atoms with Gasteiger partial charge in [0.25, 0.3) is 0 Å². The van der Waals surface area contributed by atoms with Crippen molar-refractivity contribution >= 4 is 17.5 Å². The van der Waals surface area contributed by atoms with Crippen molar-refractivity contribution in [3.63, 3.8) is 0 Å². The number of hydrogen-bond acceptors (Lipinski definition) is 6. The molecule has 0 amide bonds. The number of nitro groups is 1. The molecule has 0 atom stereocenters. The molecule has 0 bridgehead atoms. The van der Waals surface area contributed by atoms with Gasteiger partial charge >= 0.3 is 11.7 Å². The fourth-order valence-electron chi connectivity index (χ4n) is 1.43. The standard InChI is InChI=1S/C11H10N4O4/c1-2-3-14(7-10(16)17)11-9(15(18)19)4-8(5-12)6-13-11/h2,4,6H,1,3,7H2,(H,16,17). The molecule has 1 heterocycles. The molecule has 8 heteroatoms. The molecule has 1 aromatic heterocycles. The number of carbonyl (C=O) groups is 1. The Morgan fingerprint density at radius 1 is 1.74 bits per heavy atom. The third-order valence-corrected chi connectivity index (χ3v) is 2.15. The van der Waals surface area contributed by atoms with E-state index in [1.54, 1.807) is 6.07 Å². The van der Waals surface area contributed by atoms with Gasteiger partial charge in [-0.2, -0.15) is 5.26 Å². The van der Waals surface area contributed by atoms with Crippen LogP contribution in [0.1, 0.15) is 5.56 Å². The van der Waals surface area contributed by atoms with Gasteiger partial charge in [0.15, 0.2) is 0 Å². The summed E-state index contributed by atoms with van der Waals surface area (Å²) in [5.41, 5.74) is -0.383. The van der Waals surface area contributed by atoms with E-state index in [2.05, 4.69) is 11.6 Å². The number of rotatable bonds is 6. The first kappa shape index (κ1) is 14.1. The molecule has 0 fully saturated rings. The zero-order valence-corrected chi connectivity index (χ0v) is 9.81. The van der Waals surface area contributed by atoms with Crippen LogP contribution in [-0.4, -0.2) is 34.1 Å². The van der Waals surface area contributed by atoms with Crippen LogP contribution in [0.2, 0.25) is 0 Å². The Hall–Kier alpha value is -2.95. The lowest BCUT2D eigenvalue weighted by Gasteiger charge is -2.19. The Kier molecular flexibility index (Phi) is 4.54. The van der Waals surface area contributed by atoms with Gasteiger partial charge in [0, 0.05) is 18.8 Å². The summed E-state index contributed by atoms with van der Waals surface area (Å²) in [6, 6.07) is 2.80. The first-order valence-electron chi connectivity index (χ1n) is 5.11. The third kappa shape index (κ3) is 3.50. The molecule has 0 saturated carbocycles. The van der Waals surface area contributed by atoms with Gasteiger partial charge < -0.3 is 10.0 Å². The van der Waals surface area contributed by atoms with Gasteiger partial charge in [0.2, 0.25) is 5.82 Å². The SMILES string of the molecule is C=CCN(CC(=O)O)c1ncc(C#N)cc1[N+](=O)[O-]. The number of anilines is 1. The van der Waals surface area contributed by atoms with Gasteiger partial charge in [-0.25, -0.2) is 4.98 Å². The van der Waals surface area contributed by atoms with Crippen LogP contribution in [0.5, 0.6) is 0 Å². The van der Waals surface area contributed by atoms with Crippen molar-refractivity contribution in [2.75, 3.05) is 18.0 Å². The van der Waals surface area contributed by atoms with Crippen LogP contribution < -0.4 is 4.90 Å². The van der Waals surface area contributed by atoms with E-state index in [0.717, 1.165) is 12.3 Å². The summed E-state index contributed by atoms with van der Waals surface area (Å²) in [6.45, 7) is 3.09. The van der Waals surface area contributed by atoms with Gasteiger partial charge in [-0.1, -0.05) is 6.08 Å². The minimum atomic E-state index is -1.15. The summed E-state index contributed by atoms with van der Waals surface area (Å²) < 4.78 is 0. The first-order chi connectivity index (χ1) is 8.99. The Labute approximate surface area is 108 Å². The van der Waals surface area contributed by atoms with E-state index in [1.165, 1.54) is 11.0 Å². The molecule has 0 aliphatic carbocycles. The van der Waals surface area contributed by atoms with E-state index in [0.29, 0.717) is 0 Å². The fraction of sp³-hybridized carbons (Fsp3) is 0.182. The number of carboxylic acids is 1. The van der Waals surface area contributed by atoms with Crippen LogP contribution in [-0.2, 0) is 4.79 Å². The molecule has 0 spiro atoms. The van der Waals surface area contributed by atoms with Gasteiger partial charge in [-0.3, -0.25) is 14.9 Å². The normalized spacial score (nSPS) is 9.42. The maximum atomic E-state index is 10.9. The maximum Gasteiger partial charge on any atom is 0.323 e. The van der Waals surface area contributed by atoms with Crippen molar-refractivity contribution in [3.8, 4) is 6.07 Å². The predicted molar refractivity (Wildman–Crippen MR) is 65.7 cm³/mol. The van der Waals surface area contributed by atoms with Gasteiger partial charge in [-0.15, -0.1) is 6.58 Å². The van der Waals surface area contributed by atoms with Crippen LogP contribution in [0.3, 0.4) is 0 Å². The van der Waals surface area contributed by atoms with E-state index in [9.17, 15) is 14.9 Å². The van der Waals surface area contributed by atoms with Crippen LogP contribution in [0.4, 0.5) is 11.5 Å². The molecule has 98 valence electrons. The smallest absolute Gasteiger partial charge is 0.323 e. The minimum Gasteiger partial charge on any atom is -0.480 e. The molecule has 1 aromatic rings. The molecule has 0 aliphatic heterocycles. The van der Waals surface area contributed by atoms with Crippen LogP contribution in [0, 0.1) is 21.4 Å². The summed E-state index contributed by atoms with van der Waals surface area (Å²) in [5, 5.41) is 28.4. The largest absolute Gasteiger partial charge is 0.480 e. The first-order valence-corrected chi connectivity index (χ1v) is 5.11. The average Bonchev–Trinajstić information content (AvgIpc) is 2.37. The molecule has 19 heavy (non-hydrogen) atoms. The predicted octanol–water partition coefficient (Wildman–Crippen LogP) is 0.938. The summed E-state index contributed by atoms with van der Waals surface area (Å²) >= 11 is 0. The van der Waals surface area contributed by atoms with Crippen molar-refractivity contribution in [3.05, 3.63) is 40.6 Å². The monoisotopic (exact) mass is 262 g/mol. The quantitative estimate of drug-likeness (QED) is 0.460. The molecule has 0 aliphatic rings. The Morgan fingerprint density at radius 2 is 2.42 bits per heavy atom. The Balaban J connectivity index is 3.28.